The van der Waals surface area contributed by atoms with Crippen molar-refractivity contribution < 1.29 is 33.6 Å². The van der Waals surface area contributed by atoms with E-state index in [9.17, 15) is 14.7 Å². The Balaban J connectivity index is 1.27. The summed E-state index contributed by atoms with van der Waals surface area (Å²) in [6.45, 7) is 2.55. The molecule has 1 aromatic rings. The van der Waals surface area contributed by atoms with Crippen molar-refractivity contribution in [2.24, 2.45) is 11.8 Å². The van der Waals surface area contributed by atoms with Gasteiger partial charge in [-0.1, -0.05) is 0 Å². The lowest BCUT2D eigenvalue weighted by molar-refractivity contribution is -0.156. The summed E-state index contributed by atoms with van der Waals surface area (Å²) in [5, 5.41) is 10.1. The topological polar surface area (TPSA) is 97.8 Å². The molecule has 2 bridgehead atoms. The number of hydrogen-bond acceptors (Lipinski definition) is 8. The minimum absolute atomic E-state index is 0.0769. The summed E-state index contributed by atoms with van der Waals surface area (Å²) in [5.41, 5.74) is 0.360. The van der Waals surface area contributed by atoms with E-state index in [2.05, 4.69) is 4.90 Å². The van der Waals surface area contributed by atoms with E-state index in [1.165, 1.54) is 21.3 Å². The molecule has 1 N–H and O–H groups in total. The molecule has 0 aromatic heterocycles. The van der Waals surface area contributed by atoms with Gasteiger partial charge in [-0.05, 0) is 43.2 Å². The normalized spacial score (nSPS) is 32.9. The maximum atomic E-state index is 13.0. The highest BCUT2D eigenvalue weighted by Gasteiger charge is 2.50. The molecule has 6 atom stereocenters. The summed E-state index contributed by atoms with van der Waals surface area (Å²) in [5.74, 6) is 1.71. The predicted molar refractivity (Wildman–Crippen MR) is 122 cm³/mol. The van der Waals surface area contributed by atoms with Gasteiger partial charge in [-0.2, -0.15) is 0 Å². The monoisotopic (exact) mass is 474 g/mol. The van der Waals surface area contributed by atoms with Gasteiger partial charge in [-0.15, -0.1) is 0 Å². The first kappa shape index (κ1) is 23.2. The van der Waals surface area contributed by atoms with E-state index in [0.29, 0.717) is 47.1 Å². The van der Waals surface area contributed by atoms with Gasteiger partial charge in [0.2, 0.25) is 11.7 Å². The Morgan fingerprint density at radius 3 is 2.35 bits per heavy atom. The van der Waals surface area contributed by atoms with Crippen LogP contribution in [0.1, 0.15) is 42.5 Å². The van der Waals surface area contributed by atoms with Crippen LogP contribution >= 0.6 is 0 Å². The van der Waals surface area contributed by atoms with Crippen LogP contribution in [0.5, 0.6) is 17.2 Å². The van der Waals surface area contributed by atoms with E-state index in [1.807, 2.05) is 4.90 Å². The molecular weight excluding hydrogens is 440 g/mol. The minimum atomic E-state index is -0.511. The second-order valence-corrected chi connectivity index (χ2v) is 9.99. The van der Waals surface area contributed by atoms with Gasteiger partial charge in [0.25, 0.3) is 0 Å². The van der Waals surface area contributed by atoms with E-state index in [1.54, 1.807) is 12.1 Å². The molecule has 5 rings (SSSR count). The maximum Gasteiger partial charge on any atom is 0.338 e. The quantitative estimate of drug-likeness (QED) is 0.644. The first-order valence-electron chi connectivity index (χ1n) is 12.1. The predicted octanol–water partition coefficient (Wildman–Crippen LogP) is 1.70. The Hall–Kier alpha value is -2.52. The van der Waals surface area contributed by atoms with E-state index >= 15 is 0 Å². The molecule has 1 amide bonds. The fraction of sp³-hybridized carbons (Fsp3) is 0.680. The lowest BCUT2D eigenvalue weighted by Gasteiger charge is -2.57. The second-order valence-electron chi connectivity index (χ2n) is 9.99. The summed E-state index contributed by atoms with van der Waals surface area (Å²) < 4.78 is 22.0. The number of aliphatic hydroxyl groups excluding tert-OH is 1. The minimum Gasteiger partial charge on any atom is -0.493 e. The van der Waals surface area contributed by atoms with Crippen molar-refractivity contribution in [1.29, 1.82) is 0 Å². The Morgan fingerprint density at radius 1 is 0.971 bits per heavy atom. The molecule has 0 aliphatic carbocycles. The van der Waals surface area contributed by atoms with Crippen LogP contribution in [0.15, 0.2) is 12.1 Å². The van der Waals surface area contributed by atoms with Crippen LogP contribution in [0.4, 0.5) is 0 Å². The molecule has 0 saturated carbocycles. The third-order valence-electron chi connectivity index (χ3n) is 8.12. The molecular formula is C25H34N2O7. The molecule has 9 heteroatoms. The van der Waals surface area contributed by atoms with Crippen molar-refractivity contribution in [2.75, 3.05) is 41.0 Å². The van der Waals surface area contributed by atoms with Gasteiger partial charge in [0.15, 0.2) is 11.5 Å². The lowest BCUT2D eigenvalue weighted by atomic mass is 9.70. The largest absolute Gasteiger partial charge is 0.493 e. The van der Waals surface area contributed by atoms with Crippen LogP contribution in [0, 0.1) is 11.8 Å². The summed E-state index contributed by atoms with van der Waals surface area (Å²) in [7, 11) is 4.55. The Kier molecular flexibility index (Phi) is 6.33. The van der Waals surface area contributed by atoms with Crippen molar-refractivity contribution in [3.05, 3.63) is 17.7 Å². The number of nitrogens with zero attached hydrogens (tertiary/aromatic N) is 2. The standard InChI is InChI=1S/C25H34N2O7/c1-31-21-7-14(8-22(32-2)24(21)33-3)25(30)34-18-4-5-26-12-15-6-16(19(26)11-18)13-27-20(15)9-17(28)10-23(27)29/h7-8,15-20,28H,4-6,9-13H2,1-3H3/t15-,16-,17-,18+,19+,20-/m1/s1. The molecule has 4 aliphatic rings. The number of amides is 1. The number of ether oxygens (including phenoxy) is 4. The summed E-state index contributed by atoms with van der Waals surface area (Å²) in [6.07, 6.45) is 2.85. The van der Waals surface area contributed by atoms with Crippen molar-refractivity contribution >= 4 is 11.9 Å². The zero-order valence-corrected chi connectivity index (χ0v) is 20.1. The first-order chi connectivity index (χ1) is 16.4. The van der Waals surface area contributed by atoms with Gasteiger partial charge in [0.05, 0.1) is 39.4 Å². The zero-order chi connectivity index (χ0) is 24.0. The summed E-state index contributed by atoms with van der Waals surface area (Å²) in [6, 6.07) is 3.68. The summed E-state index contributed by atoms with van der Waals surface area (Å²) >= 11 is 0. The molecule has 0 spiro atoms. The van der Waals surface area contributed by atoms with E-state index in [4.69, 9.17) is 18.9 Å². The van der Waals surface area contributed by atoms with Crippen molar-refractivity contribution in [3.8, 4) is 17.2 Å². The SMILES string of the molecule is COc1cc(C(=O)O[C@H]2CCN3C[C@H]4C[C@H](CN5C(=O)C[C@H](O)C[C@H]45)[C@@H]3C2)cc(OC)c1OC. The average Bonchev–Trinajstić information content (AvgIpc) is 2.84. The number of piperidine rings is 4. The maximum absolute atomic E-state index is 13.0. The number of benzene rings is 1. The molecule has 0 unspecified atom stereocenters. The Bertz CT molecular complexity index is 928. The number of carbonyl (C=O) groups excluding carboxylic acids is 2. The highest BCUT2D eigenvalue weighted by molar-refractivity contribution is 5.91. The molecule has 4 fully saturated rings. The third kappa shape index (κ3) is 4.09. The second kappa shape index (κ2) is 9.26. The van der Waals surface area contributed by atoms with Gasteiger partial charge in [-0.3, -0.25) is 9.69 Å². The van der Waals surface area contributed by atoms with Crippen molar-refractivity contribution in [3.63, 3.8) is 0 Å². The number of fused-ring (bicyclic) bond motifs is 6. The van der Waals surface area contributed by atoms with Gasteiger partial charge >= 0.3 is 5.97 Å². The van der Waals surface area contributed by atoms with Crippen LogP contribution < -0.4 is 14.2 Å². The van der Waals surface area contributed by atoms with Gasteiger partial charge in [0, 0.05) is 38.1 Å². The van der Waals surface area contributed by atoms with E-state index in [0.717, 1.165) is 38.9 Å². The highest BCUT2D eigenvalue weighted by atomic mass is 16.5. The molecule has 4 heterocycles. The first-order valence-corrected chi connectivity index (χ1v) is 12.1. The lowest BCUT2D eigenvalue weighted by Crippen LogP contribution is -2.66. The number of hydrogen-bond donors (Lipinski definition) is 1. The van der Waals surface area contributed by atoms with Gasteiger partial charge in [0.1, 0.15) is 6.10 Å². The average molecular weight is 475 g/mol. The Morgan fingerprint density at radius 2 is 1.68 bits per heavy atom. The number of carbonyl (C=O) groups is 2. The fourth-order valence-corrected chi connectivity index (χ4v) is 6.58. The number of methoxy groups -OCH3 is 3. The van der Waals surface area contributed by atoms with Crippen LogP contribution in [-0.2, 0) is 9.53 Å². The van der Waals surface area contributed by atoms with Crippen LogP contribution in [0.3, 0.4) is 0 Å². The highest BCUT2D eigenvalue weighted by Crippen LogP contribution is 2.44. The van der Waals surface area contributed by atoms with Crippen LogP contribution in [0.2, 0.25) is 0 Å². The molecule has 1 aromatic carbocycles. The molecule has 34 heavy (non-hydrogen) atoms. The number of rotatable bonds is 5. The number of esters is 1. The van der Waals surface area contributed by atoms with E-state index < -0.39 is 12.1 Å². The van der Waals surface area contributed by atoms with Gasteiger partial charge in [-0.25, -0.2) is 4.79 Å². The van der Waals surface area contributed by atoms with Crippen molar-refractivity contribution in [1.82, 2.24) is 9.80 Å². The molecule has 4 saturated heterocycles. The Labute approximate surface area is 199 Å². The van der Waals surface area contributed by atoms with Crippen LogP contribution in [0.25, 0.3) is 0 Å². The van der Waals surface area contributed by atoms with E-state index in [-0.39, 0.29) is 24.5 Å². The molecule has 4 aliphatic heterocycles. The van der Waals surface area contributed by atoms with Crippen molar-refractivity contribution in [2.45, 2.75) is 56.4 Å². The summed E-state index contributed by atoms with van der Waals surface area (Å²) in [4.78, 5) is 30.2. The van der Waals surface area contributed by atoms with Crippen LogP contribution in [-0.4, -0.2) is 92.0 Å². The molecule has 9 nitrogen and oxygen atoms in total. The molecule has 186 valence electrons. The smallest absolute Gasteiger partial charge is 0.338 e. The fourth-order valence-electron chi connectivity index (χ4n) is 6.58. The molecule has 0 radical (unpaired) electrons. The number of aliphatic hydroxyl groups is 1. The third-order valence-corrected chi connectivity index (χ3v) is 8.12. The van der Waals surface area contributed by atoms with Gasteiger partial charge < -0.3 is 29.0 Å². The zero-order valence-electron chi connectivity index (χ0n) is 20.1.